The lowest BCUT2D eigenvalue weighted by Gasteiger charge is -2.38. The number of H-pyrrole nitrogens is 1. The highest BCUT2D eigenvalue weighted by molar-refractivity contribution is 5.85. The molecule has 1 aromatic heterocycles. The SMILES string of the molecule is Cl.O=C(O)C[C@@H]1CCN(Cc2ccccc2)C[C@@H]1Cc1nc2ccccc2[nH]1. The Morgan fingerprint density at radius 2 is 1.86 bits per heavy atom. The number of carbonyl (C=O) groups is 1. The quantitative estimate of drug-likeness (QED) is 0.653. The number of carboxylic acids is 1. The number of rotatable bonds is 6. The number of hydrogen-bond donors (Lipinski definition) is 2. The van der Waals surface area contributed by atoms with Crippen molar-refractivity contribution in [3.63, 3.8) is 0 Å². The molecule has 6 heteroatoms. The van der Waals surface area contributed by atoms with Gasteiger partial charge in [0.2, 0.25) is 0 Å². The summed E-state index contributed by atoms with van der Waals surface area (Å²) >= 11 is 0. The molecule has 5 nitrogen and oxygen atoms in total. The van der Waals surface area contributed by atoms with Crippen molar-refractivity contribution >= 4 is 29.4 Å². The molecule has 3 aromatic rings. The summed E-state index contributed by atoms with van der Waals surface area (Å²) in [5.41, 5.74) is 3.31. The summed E-state index contributed by atoms with van der Waals surface area (Å²) in [6.45, 7) is 2.77. The number of likely N-dealkylation sites (tertiary alicyclic amines) is 1. The number of aromatic amines is 1. The topological polar surface area (TPSA) is 69.2 Å². The fraction of sp³-hybridized carbons (Fsp3) is 0.364. The maximum atomic E-state index is 11.3. The predicted molar refractivity (Wildman–Crippen MR) is 113 cm³/mol. The number of nitrogens with zero attached hydrogens (tertiary/aromatic N) is 2. The van der Waals surface area contributed by atoms with Crippen LogP contribution in [0.4, 0.5) is 0 Å². The second-order valence-electron chi connectivity index (χ2n) is 7.53. The molecular weight excluding hydrogens is 374 g/mol. The maximum Gasteiger partial charge on any atom is 0.303 e. The molecule has 1 saturated heterocycles. The number of nitrogens with one attached hydrogen (secondary N) is 1. The van der Waals surface area contributed by atoms with Gasteiger partial charge in [-0.15, -0.1) is 12.4 Å². The van der Waals surface area contributed by atoms with Crippen LogP contribution < -0.4 is 0 Å². The van der Waals surface area contributed by atoms with E-state index >= 15 is 0 Å². The third-order valence-corrected chi connectivity index (χ3v) is 5.56. The van der Waals surface area contributed by atoms with Crippen molar-refractivity contribution < 1.29 is 9.90 Å². The molecule has 0 aliphatic carbocycles. The molecule has 0 bridgehead atoms. The number of aliphatic carboxylic acids is 1. The number of benzene rings is 2. The van der Waals surface area contributed by atoms with E-state index in [0.29, 0.717) is 5.92 Å². The Labute approximate surface area is 171 Å². The van der Waals surface area contributed by atoms with Crippen LogP contribution in [-0.2, 0) is 17.8 Å². The molecule has 2 N–H and O–H groups in total. The number of aromatic nitrogens is 2. The molecule has 2 heterocycles. The van der Waals surface area contributed by atoms with Crippen LogP contribution in [0.1, 0.15) is 24.2 Å². The molecule has 4 rings (SSSR count). The lowest BCUT2D eigenvalue weighted by atomic mass is 9.81. The standard InChI is InChI=1S/C22H25N3O2.ClH/c26-22(27)13-17-10-11-25(14-16-6-2-1-3-7-16)15-18(17)12-21-23-19-8-4-5-9-20(19)24-21;/h1-9,17-18H,10-15H2,(H,23,24)(H,26,27);1H/t17-,18-;/m0./s1. The summed E-state index contributed by atoms with van der Waals surface area (Å²) in [7, 11) is 0. The largest absolute Gasteiger partial charge is 0.481 e. The van der Waals surface area contributed by atoms with Crippen LogP contribution in [-0.4, -0.2) is 39.0 Å². The average Bonchev–Trinajstić information content (AvgIpc) is 3.07. The van der Waals surface area contributed by atoms with E-state index in [1.807, 2.05) is 30.3 Å². The summed E-state index contributed by atoms with van der Waals surface area (Å²) < 4.78 is 0. The van der Waals surface area contributed by atoms with Crippen molar-refractivity contribution in [1.82, 2.24) is 14.9 Å². The summed E-state index contributed by atoms with van der Waals surface area (Å²) in [5.74, 6) is 0.742. The minimum absolute atomic E-state index is 0. The maximum absolute atomic E-state index is 11.3. The smallest absolute Gasteiger partial charge is 0.303 e. The Bertz CT molecular complexity index is 879. The van der Waals surface area contributed by atoms with Gasteiger partial charge in [0.05, 0.1) is 11.0 Å². The highest BCUT2D eigenvalue weighted by Crippen LogP contribution is 2.30. The van der Waals surface area contributed by atoms with Gasteiger partial charge >= 0.3 is 5.97 Å². The average molecular weight is 400 g/mol. The first-order chi connectivity index (χ1) is 13.2. The van der Waals surface area contributed by atoms with Gasteiger partial charge in [-0.3, -0.25) is 9.69 Å². The minimum Gasteiger partial charge on any atom is -0.481 e. The third-order valence-electron chi connectivity index (χ3n) is 5.56. The highest BCUT2D eigenvalue weighted by atomic mass is 35.5. The van der Waals surface area contributed by atoms with E-state index in [4.69, 9.17) is 4.98 Å². The van der Waals surface area contributed by atoms with Crippen molar-refractivity contribution in [2.24, 2.45) is 11.8 Å². The zero-order chi connectivity index (χ0) is 18.6. The van der Waals surface area contributed by atoms with Crippen molar-refractivity contribution in [2.75, 3.05) is 13.1 Å². The molecule has 1 fully saturated rings. The van der Waals surface area contributed by atoms with E-state index in [0.717, 1.165) is 49.3 Å². The van der Waals surface area contributed by atoms with Gasteiger partial charge < -0.3 is 10.1 Å². The summed E-state index contributed by atoms with van der Waals surface area (Å²) in [5, 5.41) is 9.33. The van der Waals surface area contributed by atoms with Gasteiger partial charge in [-0.1, -0.05) is 42.5 Å². The molecule has 0 spiro atoms. The van der Waals surface area contributed by atoms with Crippen LogP contribution in [0.15, 0.2) is 54.6 Å². The minimum atomic E-state index is -0.703. The van der Waals surface area contributed by atoms with Crippen LogP contribution in [0.5, 0.6) is 0 Å². The van der Waals surface area contributed by atoms with Crippen LogP contribution in [0, 0.1) is 11.8 Å². The van der Waals surface area contributed by atoms with E-state index < -0.39 is 5.97 Å². The summed E-state index contributed by atoms with van der Waals surface area (Å²) in [6.07, 6.45) is 1.95. The highest BCUT2D eigenvalue weighted by Gasteiger charge is 2.31. The van der Waals surface area contributed by atoms with Crippen molar-refractivity contribution in [2.45, 2.75) is 25.8 Å². The van der Waals surface area contributed by atoms with Gasteiger partial charge in [0.1, 0.15) is 5.82 Å². The Balaban J connectivity index is 0.00000225. The van der Waals surface area contributed by atoms with Gasteiger partial charge in [0, 0.05) is 25.9 Å². The molecule has 0 radical (unpaired) electrons. The van der Waals surface area contributed by atoms with E-state index in [1.165, 1.54) is 5.56 Å². The number of piperidine rings is 1. The number of para-hydroxylation sites is 2. The van der Waals surface area contributed by atoms with Gasteiger partial charge in [0.25, 0.3) is 0 Å². The fourth-order valence-corrected chi connectivity index (χ4v) is 4.22. The Hall–Kier alpha value is -2.37. The Morgan fingerprint density at radius 1 is 1.11 bits per heavy atom. The molecule has 148 valence electrons. The zero-order valence-corrected chi connectivity index (χ0v) is 16.6. The van der Waals surface area contributed by atoms with Crippen LogP contribution in [0.3, 0.4) is 0 Å². The van der Waals surface area contributed by atoms with Crippen molar-refractivity contribution in [1.29, 1.82) is 0 Å². The number of halogens is 1. The van der Waals surface area contributed by atoms with E-state index in [9.17, 15) is 9.90 Å². The fourth-order valence-electron chi connectivity index (χ4n) is 4.22. The molecule has 0 saturated carbocycles. The van der Waals surface area contributed by atoms with Crippen LogP contribution in [0.2, 0.25) is 0 Å². The lowest BCUT2D eigenvalue weighted by Crippen LogP contribution is -2.41. The molecule has 0 unspecified atom stereocenters. The lowest BCUT2D eigenvalue weighted by molar-refractivity contribution is -0.139. The number of hydrogen-bond acceptors (Lipinski definition) is 3. The molecule has 1 aliphatic heterocycles. The van der Waals surface area contributed by atoms with Crippen molar-refractivity contribution in [3.05, 3.63) is 66.0 Å². The predicted octanol–water partition coefficient (Wildman–Crippen LogP) is 4.14. The Morgan fingerprint density at radius 3 is 2.61 bits per heavy atom. The van der Waals surface area contributed by atoms with Gasteiger partial charge in [-0.05, 0) is 42.5 Å². The molecular formula is C22H26ClN3O2. The Kier molecular flexibility index (Phi) is 6.70. The molecule has 1 aliphatic rings. The normalized spacial score (nSPS) is 20.0. The first-order valence-electron chi connectivity index (χ1n) is 9.59. The monoisotopic (exact) mass is 399 g/mol. The molecule has 28 heavy (non-hydrogen) atoms. The van der Waals surface area contributed by atoms with Crippen LogP contribution >= 0.6 is 12.4 Å². The van der Waals surface area contributed by atoms with Gasteiger partial charge in [-0.2, -0.15) is 0 Å². The van der Waals surface area contributed by atoms with Crippen LogP contribution in [0.25, 0.3) is 11.0 Å². The number of fused-ring (bicyclic) bond motifs is 1. The van der Waals surface area contributed by atoms with Gasteiger partial charge in [0.15, 0.2) is 0 Å². The first kappa shape index (κ1) is 20.4. The van der Waals surface area contributed by atoms with E-state index in [2.05, 4.69) is 34.1 Å². The van der Waals surface area contributed by atoms with E-state index in [-0.39, 0.29) is 24.7 Å². The second kappa shape index (κ2) is 9.22. The summed E-state index contributed by atoms with van der Waals surface area (Å²) in [6, 6.07) is 18.5. The van der Waals surface area contributed by atoms with E-state index in [1.54, 1.807) is 0 Å². The molecule has 2 aromatic carbocycles. The third kappa shape index (κ3) is 4.91. The number of carboxylic acid groups (broad SMARTS) is 1. The van der Waals surface area contributed by atoms with Gasteiger partial charge in [-0.25, -0.2) is 4.98 Å². The molecule has 2 atom stereocenters. The molecule has 0 amide bonds. The number of imidazole rings is 1. The zero-order valence-electron chi connectivity index (χ0n) is 15.8. The first-order valence-corrected chi connectivity index (χ1v) is 9.59. The summed E-state index contributed by atoms with van der Waals surface area (Å²) in [4.78, 5) is 21.9. The van der Waals surface area contributed by atoms with Crippen molar-refractivity contribution in [3.8, 4) is 0 Å². The second-order valence-corrected chi connectivity index (χ2v) is 7.53.